The van der Waals surface area contributed by atoms with Gasteiger partial charge in [0.25, 0.3) is 0 Å². The normalized spacial score (nSPS) is 12.5. The molecule has 0 heterocycles. The monoisotopic (exact) mass is 1030 g/mol. The molecule has 0 saturated carbocycles. The second-order valence-electron chi connectivity index (χ2n) is 23.2. The van der Waals surface area contributed by atoms with Gasteiger partial charge in [-0.15, -0.1) is 0 Å². The van der Waals surface area contributed by atoms with E-state index in [0.717, 1.165) is 44.9 Å². The molecular formula is C67H131NO5. The first-order chi connectivity index (χ1) is 36.0. The van der Waals surface area contributed by atoms with Crippen molar-refractivity contribution in [3.05, 3.63) is 12.2 Å². The van der Waals surface area contributed by atoms with Gasteiger partial charge in [-0.2, -0.15) is 0 Å². The maximum absolute atomic E-state index is 12.5. The average molecular weight is 1030 g/mol. The quantitative estimate of drug-likeness (QED) is 0.0320. The Morgan fingerprint density at radius 1 is 0.370 bits per heavy atom. The lowest BCUT2D eigenvalue weighted by molar-refractivity contribution is -0.143. The predicted molar refractivity (Wildman–Crippen MR) is 320 cm³/mol. The standard InChI is InChI=1S/C67H131NO5/c1-3-5-7-9-11-13-15-17-19-20-21-22-23-24-25-26-27-29-32-35-39-43-47-51-55-59-65(70)64(63-69)68-66(71)60-56-52-48-44-40-36-33-30-28-31-34-38-42-46-50-54-58-62-73-67(72)61-57-53-49-45-41-37-18-16-14-12-10-8-6-4-2/h16,18,64-65,69-70H,3-15,17,19-63H2,1-2H3,(H,68,71)/b18-16-. The Balaban J connectivity index is 3.41. The molecule has 0 aliphatic heterocycles. The van der Waals surface area contributed by atoms with Gasteiger partial charge in [0.1, 0.15) is 0 Å². The molecule has 0 fully saturated rings. The number of hydrogen-bond acceptors (Lipinski definition) is 5. The molecule has 2 unspecified atom stereocenters. The van der Waals surface area contributed by atoms with E-state index in [1.54, 1.807) is 0 Å². The lowest BCUT2D eigenvalue weighted by atomic mass is 10.0. The number of ether oxygens (including phenoxy) is 1. The van der Waals surface area contributed by atoms with Gasteiger partial charge in [0, 0.05) is 12.8 Å². The fourth-order valence-electron chi connectivity index (χ4n) is 10.7. The number of carbonyl (C=O) groups excluding carboxylic acids is 2. The van der Waals surface area contributed by atoms with Crippen LogP contribution in [0.15, 0.2) is 12.2 Å². The molecule has 1 amide bonds. The molecule has 6 nitrogen and oxygen atoms in total. The molecule has 0 spiro atoms. The average Bonchev–Trinajstić information content (AvgIpc) is 3.39. The van der Waals surface area contributed by atoms with Crippen molar-refractivity contribution in [2.24, 2.45) is 0 Å². The zero-order valence-electron chi connectivity index (χ0n) is 49.6. The molecule has 0 aromatic rings. The summed E-state index contributed by atoms with van der Waals surface area (Å²) < 4.78 is 5.48. The van der Waals surface area contributed by atoms with Gasteiger partial charge in [-0.3, -0.25) is 9.59 Å². The van der Waals surface area contributed by atoms with Gasteiger partial charge >= 0.3 is 5.97 Å². The summed E-state index contributed by atoms with van der Waals surface area (Å²) in [6.45, 7) is 4.97. The summed E-state index contributed by atoms with van der Waals surface area (Å²) in [5.74, 6) is -0.0373. The first-order valence-electron chi connectivity index (χ1n) is 33.4. The van der Waals surface area contributed by atoms with Crippen LogP contribution in [0.3, 0.4) is 0 Å². The number of unbranched alkanes of at least 4 members (excludes halogenated alkanes) is 50. The number of amides is 1. The summed E-state index contributed by atoms with van der Waals surface area (Å²) in [4.78, 5) is 24.6. The summed E-state index contributed by atoms with van der Waals surface area (Å²) in [6, 6.07) is -0.547. The molecule has 0 rings (SSSR count). The van der Waals surface area contributed by atoms with E-state index in [0.29, 0.717) is 25.9 Å². The van der Waals surface area contributed by atoms with E-state index in [2.05, 4.69) is 31.3 Å². The van der Waals surface area contributed by atoms with Gasteiger partial charge in [-0.05, 0) is 51.4 Å². The number of esters is 1. The molecular weight excluding hydrogens is 899 g/mol. The second-order valence-corrected chi connectivity index (χ2v) is 23.2. The van der Waals surface area contributed by atoms with Gasteiger partial charge in [-0.1, -0.05) is 328 Å². The zero-order chi connectivity index (χ0) is 52.9. The second kappa shape index (κ2) is 63.1. The first kappa shape index (κ1) is 71.6. The third-order valence-corrected chi connectivity index (χ3v) is 15.8. The Hall–Kier alpha value is -1.40. The largest absolute Gasteiger partial charge is 0.466 e. The Bertz CT molecular complexity index is 1100. The number of rotatable bonds is 63. The lowest BCUT2D eigenvalue weighted by Crippen LogP contribution is -2.45. The SMILES string of the molecule is CCCCCCC/C=C\CCCCCCCC(=O)OCCCCCCCCCCCCCCCCCCCC(=O)NC(CO)C(O)CCCCCCCCCCCCCCCCCCCCCCCCCCC. The van der Waals surface area contributed by atoms with E-state index in [1.807, 2.05) is 0 Å². The van der Waals surface area contributed by atoms with Crippen LogP contribution < -0.4 is 5.32 Å². The van der Waals surface area contributed by atoms with Crippen LogP contribution in [0.4, 0.5) is 0 Å². The number of carbonyl (C=O) groups is 2. The smallest absolute Gasteiger partial charge is 0.305 e. The van der Waals surface area contributed by atoms with Crippen molar-refractivity contribution in [1.82, 2.24) is 5.32 Å². The molecule has 3 N–H and O–H groups in total. The molecule has 0 radical (unpaired) electrons. The highest BCUT2D eigenvalue weighted by Gasteiger charge is 2.20. The van der Waals surface area contributed by atoms with E-state index < -0.39 is 12.1 Å². The van der Waals surface area contributed by atoms with E-state index in [-0.39, 0.29) is 18.5 Å². The Morgan fingerprint density at radius 2 is 0.644 bits per heavy atom. The van der Waals surface area contributed by atoms with Crippen molar-refractivity contribution < 1.29 is 24.5 Å². The van der Waals surface area contributed by atoms with Crippen LogP contribution in [-0.2, 0) is 14.3 Å². The van der Waals surface area contributed by atoms with Crippen molar-refractivity contribution in [1.29, 1.82) is 0 Å². The van der Waals surface area contributed by atoms with Gasteiger partial charge < -0.3 is 20.3 Å². The lowest BCUT2D eigenvalue weighted by Gasteiger charge is -2.22. The van der Waals surface area contributed by atoms with Crippen molar-refractivity contribution in [2.75, 3.05) is 13.2 Å². The third-order valence-electron chi connectivity index (χ3n) is 15.8. The van der Waals surface area contributed by atoms with Crippen LogP contribution in [0.1, 0.15) is 380 Å². The van der Waals surface area contributed by atoms with E-state index in [4.69, 9.17) is 4.74 Å². The van der Waals surface area contributed by atoms with Gasteiger partial charge in [-0.25, -0.2) is 0 Å². The number of aliphatic hydroxyl groups excluding tert-OH is 2. The predicted octanol–water partition coefficient (Wildman–Crippen LogP) is 21.2. The minimum atomic E-state index is -0.669. The minimum absolute atomic E-state index is 0.00179. The minimum Gasteiger partial charge on any atom is -0.466 e. The fourth-order valence-corrected chi connectivity index (χ4v) is 10.7. The van der Waals surface area contributed by atoms with Gasteiger partial charge in [0.05, 0.1) is 25.4 Å². The van der Waals surface area contributed by atoms with Gasteiger partial charge in [0.2, 0.25) is 5.91 Å². The highest BCUT2D eigenvalue weighted by atomic mass is 16.5. The van der Waals surface area contributed by atoms with E-state index in [9.17, 15) is 19.8 Å². The molecule has 73 heavy (non-hydrogen) atoms. The van der Waals surface area contributed by atoms with Crippen LogP contribution in [0, 0.1) is 0 Å². The Kier molecular flexibility index (Phi) is 61.9. The molecule has 0 aliphatic carbocycles. The number of nitrogens with one attached hydrogen (secondary N) is 1. The van der Waals surface area contributed by atoms with Crippen LogP contribution >= 0.6 is 0 Å². The van der Waals surface area contributed by atoms with Crippen LogP contribution in [0.5, 0.6) is 0 Å². The Labute approximate surface area is 457 Å². The van der Waals surface area contributed by atoms with E-state index in [1.165, 1.54) is 302 Å². The summed E-state index contributed by atoms with van der Waals surface area (Å²) in [5.41, 5.74) is 0. The fraction of sp³-hybridized carbons (Fsp3) is 0.940. The Morgan fingerprint density at radius 3 is 0.973 bits per heavy atom. The van der Waals surface area contributed by atoms with E-state index >= 15 is 0 Å². The zero-order valence-corrected chi connectivity index (χ0v) is 49.6. The molecule has 0 saturated heterocycles. The topological polar surface area (TPSA) is 95.9 Å². The molecule has 6 heteroatoms. The number of hydrogen-bond donors (Lipinski definition) is 3. The molecule has 0 bridgehead atoms. The molecule has 2 atom stereocenters. The highest BCUT2D eigenvalue weighted by Crippen LogP contribution is 2.19. The maximum Gasteiger partial charge on any atom is 0.305 e. The van der Waals surface area contributed by atoms with Crippen molar-refractivity contribution in [3.63, 3.8) is 0 Å². The highest BCUT2D eigenvalue weighted by molar-refractivity contribution is 5.76. The van der Waals surface area contributed by atoms with Crippen LogP contribution in [0.25, 0.3) is 0 Å². The summed E-state index contributed by atoms with van der Waals surface area (Å²) in [6.07, 6.45) is 76.6. The van der Waals surface area contributed by atoms with Crippen molar-refractivity contribution >= 4 is 11.9 Å². The van der Waals surface area contributed by atoms with Crippen LogP contribution in [-0.4, -0.2) is 47.4 Å². The third kappa shape index (κ3) is 59.7. The van der Waals surface area contributed by atoms with Gasteiger partial charge in [0.15, 0.2) is 0 Å². The maximum atomic E-state index is 12.5. The summed E-state index contributed by atoms with van der Waals surface area (Å²) in [7, 11) is 0. The number of aliphatic hydroxyl groups is 2. The molecule has 434 valence electrons. The summed E-state index contributed by atoms with van der Waals surface area (Å²) >= 11 is 0. The van der Waals surface area contributed by atoms with Crippen molar-refractivity contribution in [3.8, 4) is 0 Å². The van der Waals surface area contributed by atoms with Crippen molar-refractivity contribution in [2.45, 2.75) is 392 Å². The first-order valence-corrected chi connectivity index (χ1v) is 33.4. The molecule has 0 aromatic carbocycles. The molecule has 0 aliphatic rings. The molecule has 0 aromatic heterocycles. The summed E-state index contributed by atoms with van der Waals surface area (Å²) in [5, 5.41) is 23.4. The van der Waals surface area contributed by atoms with Crippen LogP contribution in [0.2, 0.25) is 0 Å². The number of allylic oxidation sites excluding steroid dienone is 2.